The molecule has 4 aromatic rings. The lowest BCUT2D eigenvalue weighted by atomic mass is 10.0. The number of methoxy groups -OCH3 is 4. The van der Waals surface area contributed by atoms with Gasteiger partial charge in [-0.2, -0.15) is 23.5 Å². The van der Waals surface area contributed by atoms with E-state index in [0.29, 0.717) is 73.4 Å². The number of urea groups is 2. The number of unbranched alkanes of at least 4 members (excludes halogenated alkanes) is 2. The molecule has 4 heterocycles. The molecule has 6 atom stereocenters. The van der Waals surface area contributed by atoms with Crippen LogP contribution in [0.25, 0.3) is 0 Å². The van der Waals surface area contributed by atoms with Gasteiger partial charge in [0, 0.05) is 62.8 Å². The summed E-state index contributed by atoms with van der Waals surface area (Å²) in [4.78, 5) is 144. The van der Waals surface area contributed by atoms with Crippen molar-refractivity contribution in [3.8, 4) is 0 Å². The number of benzene rings is 4. The summed E-state index contributed by atoms with van der Waals surface area (Å²) in [6.45, 7) is 4.57. The van der Waals surface area contributed by atoms with Crippen molar-refractivity contribution in [1.29, 1.82) is 0 Å². The molecule has 0 aliphatic carbocycles. The molecule has 14 N–H and O–H groups in total. The number of nitrogen functional groups attached to an aromatic ring is 1. The second kappa shape index (κ2) is 41.9. The van der Waals surface area contributed by atoms with Crippen LogP contribution in [0.2, 0.25) is 0 Å². The van der Waals surface area contributed by atoms with Gasteiger partial charge in [-0.3, -0.25) is 19.2 Å². The first-order chi connectivity index (χ1) is 45.3. The lowest BCUT2D eigenvalue weighted by Gasteiger charge is -2.16. The number of aryl methyl sites for hydroxylation is 2. The number of hydrogen-bond acceptors (Lipinski definition) is 22. The molecule has 0 spiro atoms. The van der Waals surface area contributed by atoms with E-state index in [9.17, 15) is 57.5 Å². The summed E-state index contributed by atoms with van der Waals surface area (Å²) in [6.07, 6.45) is 6.52. The summed E-state index contributed by atoms with van der Waals surface area (Å²) in [5, 5.41) is 44.1. The predicted octanol–water partition coefficient (Wildman–Crippen LogP) is 5.65. The number of carbonyl (C=O) groups excluding carboxylic acids is 9. The van der Waals surface area contributed by atoms with E-state index in [1.54, 1.807) is 19.9 Å². The second-order valence-corrected chi connectivity index (χ2v) is 24.7. The van der Waals surface area contributed by atoms with Crippen molar-refractivity contribution >= 4 is 123 Å². The molecule has 4 saturated heterocycles. The van der Waals surface area contributed by atoms with Gasteiger partial charge in [0.1, 0.15) is 0 Å². The number of nitrogens with two attached hydrogens (primary N) is 2. The number of hydrogen-bond donors (Lipinski definition) is 12. The molecule has 4 fully saturated rings. The number of fused-ring (bicyclic) bond motifs is 2. The fraction of sp³-hybridized carbons (Fsp3) is 0.429. The van der Waals surface area contributed by atoms with Crippen LogP contribution in [-0.4, -0.2) is 188 Å². The number of carboxylic acids is 3. The number of thioether (sulfide) groups is 2. The van der Waals surface area contributed by atoms with Gasteiger partial charge in [-0.25, -0.2) is 54.5 Å². The number of amides is 7. The molecule has 30 nitrogen and oxygen atoms in total. The monoisotopic (exact) mass is 1490 g/mol. The minimum Gasteiger partial charge on any atom is -0.478 e. The molecule has 96 heavy (non-hydrogen) atoms. The molecule has 4 unspecified atom stereocenters. The fourth-order valence-corrected chi connectivity index (χ4v) is 13.4. The van der Waals surface area contributed by atoms with Gasteiger partial charge < -0.3 is 76.7 Å². The van der Waals surface area contributed by atoms with Crippen LogP contribution in [0, 0.1) is 17.4 Å². The molecule has 0 saturated carbocycles. The third-order valence-electron chi connectivity index (χ3n) is 14.5. The van der Waals surface area contributed by atoms with E-state index >= 15 is 0 Å². The first-order valence-corrected chi connectivity index (χ1v) is 32.5. The van der Waals surface area contributed by atoms with Crippen molar-refractivity contribution in [2.24, 2.45) is 5.90 Å². The summed E-state index contributed by atoms with van der Waals surface area (Å²) in [5.41, 5.74) is 11.1. The first kappa shape index (κ1) is 81.5. The van der Waals surface area contributed by atoms with Crippen LogP contribution >= 0.6 is 46.1 Å². The van der Waals surface area contributed by atoms with Crippen molar-refractivity contribution < 1.29 is 101 Å². The Balaban J connectivity index is 0.000000329. The Hall–Kier alpha value is -8.77. The maximum absolute atomic E-state index is 12.1. The molecule has 33 heteroatoms. The number of anilines is 1. The number of rotatable bonds is 25. The number of nitrogens with one attached hydrogen (secondary N) is 7. The standard InChI is InChI=1S/C22H30N4O6S.C12H22N4O3S.C10H10O4.C9H7IO4.C9H9NO4.CH4/c1-13-11-14(7-8-15(13)21(29)31-2)20(28)26-32-10-9-23-18(27)6-4-3-5-17-19-16(12-33-17)24-22(30)25-19;13-19-6-5-14-10(17)4-2-1-3-9-11-8(7-20-9)15-12(18)16-11;1-6-5-7(9(11)12)3-4-8(6)10(13)14-2;2*1-14-9(13)6-3-2-5(8(11)12)4-7(6)10;/h7-8,11,16-17,19H,3-6,9-10,12H2,1-2H3,(H,23,27)(H,26,28)(H2,24,25,30);8-9,11H,1-7,13H2,(H,14,17)(H2,15,16,18);3-5H,1-2H3,(H,11,12);2-4H,1H3,(H,11,12);2-4H,10H2,1H3,(H,11,12);1H4/t16?,17-,19?;8?,9-,11?;;;;/m11..../s1. The number of ether oxygens (including phenoxy) is 4. The van der Waals surface area contributed by atoms with Crippen LogP contribution in [0.3, 0.4) is 0 Å². The maximum Gasteiger partial charge on any atom is 0.339 e. The van der Waals surface area contributed by atoms with E-state index in [4.69, 9.17) is 31.8 Å². The summed E-state index contributed by atoms with van der Waals surface area (Å²) in [6, 6.07) is 17.8. The Morgan fingerprint density at radius 3 is 1.34 bits per heavy atom. The maximum atomic E-state index is 12.1. The number of esters is 4. The highest BCUT2D eigenvalue weighted by Crippen LogP contribution is 2.34. The van der Waals surface area contributed by atoms with E-state index in [0.717, 1.165) is 50.0 Å². The summed E-state index contributed by atoms with van der Waals surface area (Å²) < 4.78 is 18.8. The van der Waals surface area contributed by atoms with Gasteiger partial charge in [0.05, 0.1) is 105 Å². The van der Waals surface area contributed by atoms with E-state index in [2.05, 4.69) is 61.2 Å². The molecule has 524 valence electrons. The van der Waals surface area contributed by atoms with Crippen molar-refractivity contribution in [2.75, 3.05) is 72.0 Å². The number of carbonyl (C=O) groups is 12. The van der Waals surface area contributed by atoms with Crippen LogP contribution in [-0.2, 0) is 38.2 Å². The average molecular weight is 1490 g/mol. The molecule has 0 radical (unpaired) electrons. The van der Waals surface area contributed by atoms with Crippen molar-refractivity contribution in [3.05, 3.63) is 132 Å². The molecular weight excluding hydrogens is 1410 g/mol. The predicted molar refractivity (Wildman–Crippen MR) is 363 cm³/mol. The van der Waals surface area contributed by atoms with Gasteiger partial charge in [-0.15, -0.1) is 0 Å². The van der Waals surface area contributed by atoms with E-state index in [1.807, 2.05) is 46.1 Å². The topological polar surface area (TPSA) is 457 Å². The largest absolute Gasteiger partial charge is 0.478 e. The minimum absolute atomic E-state index is 0. The normalized spacial score (nSPS) is 17.2. The summed E-state index contributed by atoms with van der Waals surface area (Å²) >= 11 is 5.67. The minimum atomic E-state index is -1.09. The number of hydroxylamine groups is 1. The molecule has 8 rings (SSSR count). The van der Waals surface area contributed by atoms with Gasteiger partial charge >= 0.3 is 53.8 Å². The highest BCUT2D eigenvalue weighted by molar-refractivity contribution is 14.1. The van der Waals surface area contributed by atoms with Gasteiger partial charge in [0.2, 0.25) is 11.8 Å². The van der Waals surface area contributed by atoms with E-state index in [1.165, 1.54) is 95.2 Å². The molecule has 0 aromatic heterocycles. The SMILES string of the molecule is C.COC(=O)c1ccc(C(=O)NOCCNC(=O)CCCC[C@H]2SCC3NC(=O)NC32)cc1C.COC(=O)c1ccc(C(=O)O)cc1C.COC(=O)c1ccc(C(=O)O)cc1I.COC(=O)c1ccc(C(=O)O)cc1N.NOCCNC(=O)CCCC[C@H]1SCC2NC(=O)NC21. The molecule has 4 aliphatic rings. The Labute approximate surface area is 576 Å². The number of aromatic carboxylic acids is 3. The van der Waals surface area contributed by atoms with E-state index in [-0.39, 0.29) is 96.6 Å². The average Bonchev–Trinajstić information content (AvgIpc) is 1.65. The van der Waals surface area contributed by atoms with Crippen LogP contribution in [0.4, 0.5) is 15.3 Å². The summed E-state index contributed by atoms with van der Waals surface area (Å²) in [7, 11) is 5.09. The molecule has 0 bridgehead atoms. The third-order valence-corrected chi connectivity index (χ3v) is 18.4. The van der Waals surface area contributed by atoms with Crippen LogP contribution < -0.4 is 49.0 Å². The van der Waals surface area contributed by atoms with Gasteiger partial charge in [-0.05, 0) is 146 Å². The molecule has 4 aliphatic heterocycles. The Morgan fingerprint density at radius 2 is 0.927 bits per heavy atom. The second-order valence-electron chi connectivity index (χ2n) is 21.0. The van der Waals surface area contributed by atoms with E-state index < -0.39 is 47.7 Å². The molecule has 4 aromatic carbocycles. The smallest absolute Gasteiger partial charge is 0.339 e. The van der Waals surface area contributed by atoms with Gasteiger partial charge in [0.15, 0.2) is 0 Å². The van der Waals surface area contributed by atoms with Crippen LogP contribution in [0.1, 0.15) is 153 Å². The number of halogens is 1. The first-order valence-electron chi connectivity index (χ1n) is 29.4. The Morgan fingerprint density at radius 1 is 0.542 bits per heavy atom. The lowest BCUT2D eigenvalue weighted by molar-refractivity contribution is -0.122. The molecular formula is C63H82IN9O21S2. The fourth-order valence-electron chi connectivity index (χ4n) is 9.59. The van der Waals surface area contributed by atoms with Crippen molar-refractivity contribution in [3.63, 3.8) is 0 Å². The highest BCUT2D eigenvalue weighted by Gasteiger charge is 2.43. The zero-order chi connectivity index (χ0) is 70.3. The van der Waals surface area contributed by atoms with Crippen LogP contribution in [0.5, 0.6) is 0 Å². The summed E-state index contributed by atoms with van der Waals surface area (Å²) in [5.74, 6) is 1.23. The Kier molecular flexibility index (Phi) is 35.6. The van der Waals surface area contributed by atoms with Gasteiger partial charge in [-0.1, -0.05) is 20.3 Å². The quantitative estimate of drug-likeness (QED) is 0.00725. The van der Waals surface area contributed by atoms with Crippen molar-refractivity contribution in [2.45, 2.75) is 107 Å². The van der Waals surface area contributed by atoms with Gasteiger partial charge in [0.25, 0.3) is 5.91 Å². The number of carboxylic acid groups (broad SMARTS) is 3. The van der Waals surface area contributed by atoms with Crippen molar-refractivity contribution in [1.82, 2.24) is 37.4 Å². The zero-order valence-corrected chi connectivity index (χ0v) is 56.6. The lowest BCUT2D eigenvalue weighted by Crippen LogP contribution is -2.36. The molecule has 7 amide bonds. The van der Waals surface area contributed by atoms with Crippen LogP contribution in [0.15, 0.2) is 72.8 Å². The Bertz CT molecular complexity index is 3220. The third kappa shape index (κ3) is 26.1. The highest BCUT2D eigenvalue weighted by atomic mass is 127. The zero-order valence-electron chi connectivity index (χ0n) is 52.8.